The summed E-state index contributed by atoms with van der Waals surface area (Å²) in [5.41, 5.74) is 0.918. The fourth-order valence-corrected chi connectivity index (χ4v) is 5.98. The van der Waals surface area contributed by atoms with E-state index >= 15 is 0 Å². The van der Waals surface area contributed by atoms with Crippen LogP contribution in [0.5, 0.6) is 0 Å². The normalized spacial score (nSPS) is 22.6. The van der Waals surface area contributed by atoms with Crippen molar-refractivity contribution in [2.75, 3.05) is 7.05 Å². The zero-order valence-corrected chi connectivity index (χ0v) is 26.7. The average molecular weight is 568 g/mol. The lowest BCUT2D eigenvalue weighted by molar-refractivity contribution is -0.148. The number of rotatable bonds is 7. The van der Waals surface area contributed by atoms with Gasteiger partial charge in [-0.25, -0.2) is 4.79 Å². The van der Waals surface area contributed by atoms with Gasteiger partial charge in [0.1, 0.15) is 5.60 Å². The monoisotopic (exact) mass is 567 g/mol. The molecule has 1 fully saturated rings. The Balaban J connectivity index is 1.77. The molecule has 2 aromatic rings. The van der Waals surface area contributed by atoms with Crippen LogP contribution < -0.4 is 0 Å². The first kappa shape index (κ1) is 31.7. The van der Waals surface area contributed by atoms with Crippen molar-refractivity contribution < 1.29 is 23.9 Å². The number of hydrogen-bond donors (Lipinski definition) is 1. The number of benzene rings is 1. The summed E-state index contributed by atoms with van der Waals surface area (Å²) in [5, 5.41) is 11.2. The Labute approximate surface area is 241 Å². The standard InChI is InChI=1S/C32H46N2O5Si/c1-22(34(8)29(37)38-30(2,3)4)26-14-13-24-12-11-23(21-27(24)33-26)15-18-32(28(35)36)19-16-25(17-20-32)39-40(9,10)31(5,6)7/h11-15,18,21-22,25H,9,16-17,19-20H2,1-8,10H3/p+1/b18-15+/t22-,25?,32?,40?/m1/s1. The van der Waals surface area contributed by atoms with Gasteiger partial charge in [-0.2, -0.15) is 0 Å². The van der Waals surface area contributed by atoms with Gasteiger partial charge in [0.05, 0.1) is 22.7 Å². The third kappa shape index (κ3) is 7.46. The lowest BCUT2D eigenvalue weighted by Gasteiger charge is -2.38. The molecule has 40 heavy (non-hydrogen) atoms. The quantitative estimate of drug-likeness (QED) is 0.270. The molecule has 0 spiro atoms. The molecule has 7 nitrogen and oxygen atoms in total. The van der Waals surface area contributed by atoms with E-state index in [0.29, 0.717) is 25.7 Å². The highest BCUT2D eigenvalue weighted by Gasteiger charge is 2.50. The number of carboxylic acid groups (broad SMARTS) is 1. The molecule has 1 amide bonds. The fraction of sp³-hybridized carbons (Fsp3) is 0.562. The molecular weight excluding hydrogens is 520 g/mol. The molecule has 1 aromatic heterocycles. The van der Waals surface area contributed by atoms with Crippen LogP contribution in [0.25, 0.3) is 17.0 Å². The number of carboxylic acids is 1. The molecule has 1 saturated carbocycles. The maximum absolute atomic E-state index is 12.6. The van der Waals surface area contributed by atoms with E-state index in [4.69, 9.17) is 14.1 Å². The molecule has 3 rings (SSSR count). The molecule has 1 aliphatic rings. The number of pyridine rings is 1. The second-order valence-corrected chi connectivity index (χ2v) is 17.7. The summed E-state index contributed by atoms with van der Waals surface area (Å²) in [4.78, 5) is 31.4. The molecule has 2 atom stereocenters. The topological polar surface area (TPSA) is 89.0 Å². The van der Waals surface area contributed by atoms with Gasteiger partial charge in [-0.3, -0.25) is 9.78 Å². The van der Waals surface area contributed by atoms with E-state index in [1.165, 1.54) is 0 Å². The van der Waals surface area contributed by atoms with Gasteiger partial charge in [0.2, 0.25) is 0 Å². The van der Waals surface area contributed by atoms with Crippen LogP contribution in [-0.2, 0) is 14.0 Å². The molecule has 0 aliphatic heterocycles. The number of carbonyl (C=O) groups is 2. The van der Waals surface area contributed by atoms with Crippen LogP contribution in [0.3, 0.4) is 0 Å². The van der Waals surface area contributed by atoms with Crippen LogP contribution in [-0.4, -0.2) is 54.1 Å². The molecule has 1 aliphatic carbocycles. The van der Waals surface area contributed by atoms with Gasteiger partial charge in [0.15, 0.2) is 0 Å². The van der Waals surface area contributed by atoms with Crippen LogP contribution >= 0.6 is 0 Å². The molecule has 1 heterocycles. The molecule has 1 unspecified atom stereocenters. The number of amides is 1. The Morgan fingerprint density at radius 3 is 2.30 bits per heavy atom. The van der Waals surface area contributed by atoms with E-state index in [2.05, 4.69) is 33.9 Å². The second-order valence-electron chi connectivity index (χ2n) is 13.5. The average Bonchev–Trinajstić information content (AvgIpc) is 2.85. The van der Waals surface area contributed by atoms with Crippen LogP contribution in [0.4, 0.5) is 4.79 Å². The SMILES string of the molecule is [CH2+][Si](C)(OC1CCC(/C=C/c2ccc3ccc([C@@H](C)N(C)C(=O)OC(C)(C)C)nc3c2)(C(=O)O)CC1)C(C)(C)C. The zero-order chi connectivity index (χ0) is 30.1. The second kappa shape index (κ2) is 11.6. The minimum Gasteiger partial charge on any atom is -0.481 e. The van der Waals surface area contributed by atoms with Crippen molar-refractivity contribution in [2.24, 2.45) is 5.41 Å². The van der Waals surface area contributed by atoms with Crippen molar-refractivity contribution in [2.45, 2.75) is 103 Å². The third-order valence-electron chi connectivity index (χ3n) is 8.29. The molecule has 8 heteroatoms. The maximum Gasteiger partial charge on any atom is 0.412 e. The van der Waals surface area contributed by atoms with Crippen molar-refractivity contribution in [3.8, 4) is 0 Å². The number of fused-ring (bicyclic) bond motifs is 1. The number of nitrogens with zero attached hydrogens (tertiary/aromatic N) is 2. The van der Waals surface area contributed by atoms with Crippen molar-refractivity contribution in [1.29, 1.82) is 0 Å². The van der Waals surface area contributed by atoms with Crippen LogP contribution in [0, 0.1) is 12.0 Å². The number of aliphatic carboxylic acids is 1. The summed E-state index contributed by atoms with van der Waals surface area (Å²) in [5.74, 6) is -0.798. The number of aromatic nitrogens is 1. The van der Waals surface area contributed by atoms with E-state index in [9.17, 15) is 14.7 Å². The highest BCUT2D eigenvalue weighted by Crippen LogP contribution is 2.43. The molecule has 0 saturated heterocycles. The first-order valence-corrected chi connectivity index (χ1v) is 16.8. The molecule has 1 N–H and O–H groups in total. The van der Waals surface area contributed by atoms with Crippen molar-refractivity contribution in [3.05, 3.63) is 54.2 Å². The smallest absolute Gasteiger partial charge is 0.412 e. The number of carbonyl (C=O) groups excluding carboxylic acids is 1. The van der Waals surface area contributed by atoms with Crippen LogP contribution in [0.1, 0.15) is 91.4 Å². The summed E-state index contributed by atoms with van der Waals surface area (Å²) >= 11 is 0. The van der Waals surface area contributed by atoms with Gasteiger partial charge in [-0.15, -0.1) is 0 Å². The molecule has 218 valence electrons. The van der Waals surface area contributed by atoms with Crippen LogP contribution in [0.15, 0.2) is 36.4 Å². The van der Waals surface area contributed by atoms with Crippen molar-refractivity contribution in [1.82, 2.24) is 9.88 Å². The highest BCUT2D eigenvalue weighted by molar-refractivity contribution is 6.77. The lowest BCUT2D eigenvalue weighted by atomic mass is 9.73. The predicted octanol–water partition coefficient (Wildman–Crippen LogP) is 7.95. The first-order chi connectivity index (χ1) is 18.3. The van der Waals surface area contributed by atoms with E-state index < -0.39 is 31.4 Å². The van der Waals surface area contributed by atoms with Gasteiger partial charge in [-0.1, -0.05) is 51.1 Å². The Hall–Kier alpha value is -2.84. The molecule has 0 bridgehead atoms. The van der Waals surface area contributed by atoms with Gasteiger partial charge in [-0.05, 0) is 77.6 Å². The Bertz CT molecular complexity index is 1250. The summed E-state index contributed by atoms with van der Waals surface area (Å²) in [6.45, 7) is 20.5. The van der Waals surface area contributed by atoms with Gasteiger partial charge in [0.25, 0.3) is 0 Å². The molecular formula is C32H47N2O5Si+. The highest BCUT2D eigenvalue weighted by atomic mass is 28.4. The van der Waals surface area contributed by atoms with Crippen molar-refractivity contribution >= 4 is 37.4 Å². The van der Waals surface area contributed by atoms with Gasteiger partial charge < -0.3 is 19.2 Å². The third-order valence-corrected chi connectivity index (χ3v) is 12.3. The Morgan fingerprint density at radius 1 is 1.15 bits per heavy atom. The van der Waals surface area contributed by atoms with E-state index in [-0.39, 0.29) is 17.2 Å². The summed E-state index contributed by atoms with van der Waals surface area (Å²) in [7, 11) is -0.445. The van der Waals surface area contributed by atoms with Crippen LogP contribution in [0.2, 0.25) is 11.6 Å². The van der Waals surface area contributed by atoms with E-state index in [1.54, 1.807) is 11.9 Å². The predicted molar refractivity (Wildman–Crippen MR) is 163 cm³/mol. The Kier molecular flexibility index (Phi) is 9.16. The Morgan fingerprint density at radius 2 is 1.75 bits per heavy atom. The number of ether oxygens (including phenoxy) is 1. The molecule has 0 radical (unpaired) electrons. The minimum atomic E-state index is -2.15. The number of hydrogen-bond acceptors (Lipinski definition) is 5. The van der Waals surface area contributed by atoms with E-state index in [1.807, 2.05) is 70.2 Å². The summed E-state index contributed by atoms with van der Waals surface area (Å²) in [6.07, 6.45) is 5.86. The summed E-state index contributed by atoms with van der Waals surface area (Å²) < 4.78 is 12.0. The van der Waals surface area contributed by atoms with Gasteiger partial charge in [0, 0.05) is 30.1 Å². The lowest BCUT2D eigenvalue weighted by Crippen LogP contribution is -2.46. The largest absolute Gasteiger partial charge is 0.481 e. The van der Waals surface area contributed by atoms with Crippen molar-refractivity contribution in [3.63, 3.8) is 0 Å². The summed E-state index contributed by atoms with van der Waals surface area (Å²) in [6, 6.07) is 9.54. The van der Waals surface area contributed by atoms with E-state index in [0.717, 1.165) is 22.2 Å². The zero-order valence-electron chi connectivity index (χ0n) is 25.7. The molecule has 1 aromatic carbocycles. The minimum absolute atomic E-state index is 0.0150. The fourth-order valence-electron chi connectivity index (χ4n) is 4.65. The first-order valence-electron chi connectivity index (χ1n) is 14.2. The maximum atomic E-state index is 12.6. The van der Waals surface area contributed by atoms with Gasteiger partial charge >= 0.3 is 20.4 Å².